The van der Waals surface area contributed by atoms with E-state index in [1.165, 1.54) is 21.2 Å². The summed E-state index contributed by atoms with van der Waals surface area (Å²) in [7, 11) is 0. The first-order chi connectivity index (χ1) is 12.3. The molecule has 0 aliphatic carbocycles. The molecule has 4 heteroatoms. The van der Waals surface area contributed by atoms with Crippen LogP contribution in [-0.2, 0) is 6.42 Å². The van der Waals surface area contributed by atoms with E-state index in [0.717, 1.165) is 23.1 Å². The van der Waals surface area contributed by atoms with Gasteiger partial charge in [-0.1, -0.05) is 36.4 Å². The summed E-state index contributed by atoms with van der Waals surface area (Å²) in [5, 5.41) is 2.40. The lowest BCUT2D eigenvalue weighted by Crippen LogP contribution is -1.84. The smallest absolute Gasteiger partial charge is 0.227 e. The van der Waals surface area contributed by atoms with E-state index in [4.69, 9.17) is 9.40 Å². The second-order valence-corrected chi connectivity index (χ2v) is 7.00. The summed E-state index contributed by atoms with van der Waals surface area (Å²) in [6.07, 6.45) is 2.79. The van der Waals surface area contributed by atoms with Gasteiger partial charge >= 0.3 is 0 Å². The number of benzene rings is 3. The minimum absolute atomic E-state index is 0.663. The van der Waals surface area contributed by atoms with E-state index in [1.54, 1.807) is 11.3 Å². The Morgan fingerprint density at radius 2 is 1.84 bits per heavy atom. The van der Waals surface area contributed by atoms with Crippen LogP contribution in [0.5, 0.6) is 0 Å². The van der Waals surface area contributed by atoms with Crippen molar-refractivity contribution in [1.82, 2.24) is 9.97 Å². The van der Waals surface area contributed by atoms with Crippen LogP contribution in [0.25, 0.3) is 33.3 Å². The van der Waals surface area contributed by atoms with E-state index < -0.39 is 0 Å². The molecule has 0 bridgehead atoms. The average Bonchev–Trinajstić information content (AvgIpc) is 3.30. The highest BCUT2D eigenvalue weighted by molar-refractivity contribution is 7.09. The van der Waals surface area contributed by atoms with Crippen molar-refractivity contribution in [1.29, 1.82) is 0 Å². The summed E-state index contributed by atoms with van der Waals surface area (Å²) in [5.74, 6) is 0.663. The van der Waals surface area contributed by atoms with Crippen molar-refractivity contribution in [2.24, 2.45) is 0 Å². The monoisotopic (exact) mass is 342 g/mol. The number of fused-ring (bicyclic) bond motifs is 2. The second-order valence-electron chi connectivity index (χ2n) is 6.03. The van der Waals surface area contributed by atoms with Crippen molar-refractivity contribution < 1.29 is 4.42 Å². The van der Waals surface area contributed by atoms with Crippen LogP contribution in [0, 0.1) is 0 Å². The first kappa shape index (κ1) is 14.4. The Hall–Kier alpha value is -2.98. The lowest BCUT2D eigenvalue weighted by molar-refractivity contribution is 0.620. The summed E-state index contributed by atoms with van der Waals surface area (Å²) in [4.78, 5) is 10.1. The molecule has 2 aromatic heterocycles. The number of oxazole rings is 1. The van der Waals surface area contributed by atoms with Crippen LogP contribution in [0.3, 0.4) is 0 Å². The maximum atomic E-state index is 5.97. The Kier molecular flexibility index (Phi) is 3.35. The summed E-state index contributed by atoms with van der Waals surface area (Å²) in [5.41, 5.74) is 5.79. The molecule has 0 aliphatic rings. The summed E-state index contributed by atoms with van der Waals surface area (Å²) < 4.78 is 5.97. The van der Waals surface area contributed by atoms with Crippen LogP contribution in [0.15, 0.2) is 76.8 Å². The first-order valence-corrected chi connectivity index (χ1v) is 8.99. The van der Waals surface area contributed by atoms with Gasteiger partial charge in [-0.2, -0.15) is 0 Å². The van der Waals surface area contributed by atoms with E-state index in [-0.39, 0.29) is 0 Å². The van der Waals surface area contributed by atoms with Crippen molar-refractivity contribution in [2.45, 2.75) is 6.42 Å². The predicted molar refractivity (Wildman–Crippen MR) is 102 cm³/mol. The van der Waals surface area contributed by atoms with Gasteiger partial charge < -0.3 is 4.42 Å². The third-order valence-corrected chi connectivity index (χ3v) is 5.09. The normalized spacial score (nSPS) is 11.4. The van der Waals surface area contributed by atoms with E-state index >= 15 is 0 Å². The number of nitrogens with zero attached hydrogens (tertiary/aromatic N) is 2. The zero-order valence-electron chi connectivity index (χ0n) is 13.3. The van der Waals surface area contributed by atoms with Crippen LogP contribution < -0.4 is 0 Å². The Labute approximate surface area is 148 Å². The molecule has 0 spiro atoms. The zero-order chi connectivity index (χ0) is 16.6. The van der Waals surface area contributed by atoms with E-state index in [9.17, 15) is 0 Å². The lowest BCUT2D eigenvalue weighted by atomic mass is 10.1. The highest BCUT2D eigenvalue weighted by atomic mass is 32.1. The van der Waals surface area contributed by atoms with Crippen molar-refractivity contribution in [3.8, 4) is 11.5 Å². The van der Waals surface area contributed by atoms with Crippen LogP contribution >= 0.6 is 11.3 Å². The van der Waals surface area contributed by atoms with Gasteiger partial charge in [-0.25, -0.2) is 4.98 Å². The first-order valence-electron chi connectivity index (χ1n) is 8.11. The van der Waals surface area contributed by atoms with Gasteiger partial charge in [0.05, 0.1) is 5.51 Å². The van der Waals surface area contributed by atoms with Gasteiger partial charge in [0.2, 0.25) is 5.89 Å². The van der Waals surface area contributed by atoms with Crippen molar-refractivity contribution in [3.05, 3.63) is 82.8 Å². The second kappa shape index (κ2) is 5.83. The zero-order valence-corrected chi connectivity index (χ0v) is 14.2. The highest BCUT2D eigenvalue weighted by Crippen LogP contribution is 2.28. The van der Waals surface area contributed by atoms with Gasteiger partial charge in [-0.15, -0.1) is 11.3 Å². The molecule has 5 rings (SSSR count). The molecule has 0 unspecified atom stereocenters. The van der Waals surface area contributed by atoms with E-state index in [0.29, 0.717) is 5.89 Å². The predicted octanol–water partition coefficient (Wildman–Crippen LogP) is 5.70. The van der Waals surface area contributed by atoms with Gasteiger partial charge in [0.15, 0.2) is 5.58 Å². The maximum absolute atomic E-state index is 5.97. The standard InChI is InChI=1S/C21H14N2OS/c1-2-4-16-11-17(7-6-15(16)3-1)21-23-19-10-14(5-8-20(19)24-21)9-18-12-22-13-25-18/h1-8,10-13H,9H2. The van der Waals surface area contributed by atoms with Gasteiger partial charge in [0, 0.05) is 23.1 Å². The fourth-order valence-corrected chi connectivity index (χ4v) is 3.69. The maximum Gasteiger partial charge on any atom is 0.227 e. The minimum Gasteiger partial charge on any atom is -0.436 e. The third kappa shape index (κ3) is 2.71. The number of aromatic nitrogens is 2. The van der Waals surface area contributed by atoms with E-state index in [2.05, 4.69) is 47.4 Å². The minimum atomic E-state index is 0.663. The summed E-state index contributed by atoms with van der Waals surface area (Å²) in [6.45, 7) is 0. The van der Waals surface area contributed by atoms with Gasteiger partial charge in [0.1, 0.15) is 5.52 Å². The molecule has 0 amide bonds. The van der Waals surface area contributed by atoms with Crippen molar-refractivity contribution in [3.63, 3.8) is 0 Å². The average molecular weight is 342 g/mol. The Morgan fingerprint density at radius 1 is 0.920 bits per heavy atom. The summed E-state index contributed by atoms with van der Waals surface area (Å²) >= 11 is 1.67. The number of hydrogen-bond acceptors (Lipinski definition) is 4. The molecule has 3 aromatic carbocycles. The quantitative estimate of drug-likeness (QED) is 0.422. The molecule has 120 valence electrons. The topological polar surface area (TPSA) is 38.9 Å². The molecule has 0 aliphatic heterocycles. The molecule has 3 nitrogen and oxygen atoms in total. The van der Waals surface area contributed by atoms with Gasteiger partial charge in [0.25, 0.3) is 0 Å². The Bertz CT molecular complexity index is 1180. The van der Waals surface area contributed by atoms with Gasteiger partial charge in [-0.05, 0) is 40.6 Å². The number of rotatable bonds is 3. The van der Waals surface area contributed by atoms with E-state index in [1.807, 2.05) is 29.9 Å². The molecule has 0 saturated heterocycles. The summed E-state index contributed by atoms with van der Waals surface area (Å²) in [6, 6.07) is 20.8. The van der Waals surface area contributed by atoms with Crippen molar-refractivity contribution in [2.75, 3.05) is 0 Å². The molecule has 0 fully saturated rings. The number of thiazole rings is 1. The fourth-order valence-electron chi connectivity index (χ4n) is 3.06. The number of hydrogen-bond donors (Lipinski definition) is 0. The highest BCUT2D eigenvalue weighted by Gasteiger charge is 2.10. The van der Waals surface area contributed by atoms with Gasteiger partial charge in [-0.3, -0.25) is 4.98 Å². The Balaban J connectivity index is 1.54. The molecule has 0 radical (unpaired) electrons. The molecule has 2 heterocycles. The largest absolute Gasteiger partial charge is 0.436 e. The molecule has 0 N–H and O–H groups in total. The lowest BCUT2D eigenvalue weighted by Gasteiger charge is -1.99. The van der Waals surface area contributed by atoms with Crippen LogP contribution in [0.2, 0.25) is 0 Å². The molecule has 5 aromatic rings. The molecule has 0 saturated carbocycles. The molecular weight excluding hydrogens is 328 g/mol. The molecule has 0 atom stereocenters. The molecule has 25 heavy (non-hydrogen) atoms. The third-order valence-electron chi connectivity index (χ3n) is 4.31. The fraction of sp³-hybridized carbons (Fsp3) is 0.0476. The van der Waals surface area contributed by atoms with Crippen LogP contribution in [0.4, 0.5) is 0 Å². The van der Waals surface area contributed by atoms with Crippen molar-refractivity contribution >= 4 is 33.2 Å². The Morgan fingerprint density at radius 3 is 2.72 bits per heavy atom. The SMILES string of the molecule is c1ccc2cc(-c3nc4cc(Cc5cncs5)ccc4o3)ccc2c1. The molecular formula is C21H14N2OS. The van der Waals surface area contributed by atoms with Crippen LogP contribution in [-0.4, -0.2) is 9.97 Å². The van der Waals surface area contributed by atoms with Crippen LogP contribution in [0.1, 0.15) is 10.4 Å².